The fraction of sp³-hybridized carbons (Fsp3) is 0.611. The second-order valence-corrected chi connectivity index (χ2v) is 6.57. The highest BCUT2D eigenvalue weighted by molar-refractivity contribution is 5.99. The molecule has 114 valence electrons. The second-order valence-electron chi connectivity index (χ2n) is 6.57. The van der Waals surface area contributed by atoms with Crippen LogP contribution >= 0.6 is 0 Å². The highest BCUT2D eigenvalue weighted by Crippen LogP contribution is 2.34. The van der Waals surface area contributed by atoms with E-state index in [1.807, 2.05) is 24.3 Å². The number of nitrogens with zero attached hydrogens (tertiary/aromatic N) is 1. The van der Waals surface area contributed by atoms with Gasteiger partial charge in [-0.3, -0.25) is 4.79 Å². The Morgan fingerprint density at radius 1 is 1.14 bits per heavy atom. The smallest absolute Gasteiger partial charge is 0.255 e. The molecule has 21 heavy (non-hydrogen) atoms. The normalized spacial score (nSPS) is 17.6. The van der Waals surface area contributed by atoms with Gasteiger partial charge in [0.05, 0.1) is 5.56 Å². The van der Waals surface area contributed by atoms with E-state index in [4.69, 9.17) is 0 Å². The van der Waals surface area contributed by atoms with Gasteiger partial charge in [-0.15, -0.1) is 0 Å². The van der Waals surface area contributed by atoms with Gasteiger partial charge in [0.25, 0.3) is 5.91 Å². The lowest BCUT2D eigenvalue weighted by Crippen LogP contribution is -2.35. The molecule has 0 spiro atoms. The minimum absolute atomic E-state index is 0.216. The van der Waals surface area contributed by atoms with Crippen molar-refractivity contribution in [1.82, 2.24) is 4.90 Å². The molecule has 2 saturated carbocycles. The van der Waals surface area contributed by atoms with Crippen LogP contribution in [0.2, 0.25) is 0 Å². The van der Waals surface area contributed by atoms with Gasteiger partial charge in [-0.05, 0) is 56.1 Å². The first kappa shape index (κ1) is 14.4. The van der Waals surface area contributed by atoms with Crippen LogP contribution in [0.3, 0.4) is 0 Å². The number of carbonyl (C=O) groups is 1. The van der Waals surface area contributed by atoms with Crippen LogP contribution in [0.4, 0.5) is 5.69 Å². The summed E-state index contributed by atoms with van der Waals surface area (Å²) in [5.41, 5.74) is 1.83. The third-order valence-corrected chi connectivity index (χ3v) is 4.36. The largest absolute Gasteiger partial charge is 0.384 e. The maximum absolute atomic E-state index is 12.9. The van der Waals surface area contributed by atoms with Crippen molar-refractivity contribution < 1.29 is 4.79 Å². The first-order valence-corrected chi connectivity index (χ1v) is 8.40. The van der Waals surface area contributed by atoms with Crippen LogP contribution in [-0.4, -0.2) is 30.4 Å². The monoisotopic (exact) mass is 286 g/mol. The fourth-order valence-corrected chi connectivity index (χ4v) is 2.72. The van der Waals surface area contributed by atoms with Crippen molar-refractivity contribution >= 4 is 11.6 Å². The maximum Gasteiger partial charge on any atom is 0.255 e. The van der Waals surface area contributed by atoms with Crippen LogP contribution < -0.4 is 5.32 Å². The van der Waals surface area contributed by atoms with Gasteiger partial charge in [0.15, 0.2) is 0 Å². The van der Waals surface area contributed by atoms with E-state index in [9.17, 15) is 4.79 Å². The van der Waals surface area contributed by atoms with Crippen molar-refractivity contribution in [2.75, 3.05) is 25.0 Å². The summed E-state index contributed by atoms with van der Waals surface area (Å²) in [6.45, 7) is 4.97. The fourth-order valence-electron chi connectivity index (χ4n) is 2.72. The molecule has 3 heteroatoms. The third-order valence-electron chi connectivity index (χ3n) is 4.36. The van der Waals surface area contributed by atoms with Crippen molar-refractivity contribution in [2.24, 2.45) is 11.8 Å². The quantitative estimate of drug-likeness (QED) is 0.789. The summed E-state index contributed by atoms with van der Waals surface area (Å²) >= 11 is 0. The van der Waals surface area contributed by atoms with Crippen molar-refractivity contribution in [1.29, 1.82) is 0 Å². The second kappa shape index (κ2) is 6.50. The van der Waals surface area contributed by atoms with Crippen molar-refractivity contribution in [3.63, 3.8) is 0 Å². The summed E-state index contributed by atoms with van der Waals surface area (Å²) in [7, 11) is 0. The number of anilines is 1. The molecule has 0 saturated heterocycles. The zero-order valence-electron chi connectivity index (χ0n) is 13.0. The van der Waals surface area contributed by atoms with E-state index in [1.54, 1.807) is 0 Å². The molecule has 1 N–H and O–H groups in total. The molecule has 0 bridgehead atoms. The Balaban J connectivity index is 1.73. The predicted molar refractivity (Wildman–Crippen MR) is 86.6 cm³/mol. The average Bonchev–Trinajstić information content (AvgIpc) is 3.39. The molecule has 1 amide bonds. The van der Waals surface area contributed by atoms with E-state index < -0.39 is 0 Å². The summed E-state index contributed by atoms with van der Waals surface area (Å²) in [6.07, 6.45) is 6.25. The minimum atomic E-state index is 0.216. The molecule has 3 nitrogen and oxygen atoms in total. The zero-order valence-corrected chi connectivity index (χ0v) is 13.0. The Morgan fingerprint density at radius 3 is 2.33 bits per heavy atom. The van der Waals surface area contributed by atoms with E-state index in [0.717, 1.165) is 49.1 Å². The van der Waals surface area contributed by atoms with Crippen LogP contribution in [-0.2, 0) is 0 Å². The van der Waals surface area contributed by atoms with Gasteiger partial charge >= 0.3 is 0 Å². The summed E-state index contributed by atoms with van der Waals surface area (Å²) in [4.78, 5) is 15.1. The summed E-state index contributed by atoms with van der Waals surface area (Å²) in [6, 6.07) is 7.96. The molecular weight excluding hydrogens is 260 g/mol. The highest BCUT2D eigenvalue weighted by atomic mass is 16.2. The number of para-hydroxylation sites is 1. The molecular formula is C18H26N2O. The number of hydrogen-bond donors (Lipinski definition) is 1. The zero-order chi connectivity index (χ0) is 14.7. The number of rotatable bonds is 8. The third kappa shape index (κ3) is 3.99. The van der Waals surface area contributed by atoms with Crippen LogP contribution in [0.15, 0.2) is 24.3 Å². The number of hydrogen-bond acceptors (Lipinski definition) is 2. The molecule has 0 aliphatic heterocycles. The lowest BCUT2D eigenvalue weighted by atomic mass is 10.1. The molecule has 2 aliphatic carbocycles. The van der Waals surface area contributed by atoms with Crippen LogP contribution in [0.5, 0.6) is 0 Å². The molecule has 2 aliphatic rings. The number of carbonyl (C=O) groups excluding carboxylic acids is 1. The van der Waals surface area contributed by atoms with Crippen LogP contribution in [0.25, 0.3) is 0 Å². The molecule has 0 unspecified atom stereocenters. The standard InChI is InChI=1S/C18H26N2O/c1-2-11-19-17-6-4-3-5-16(17)18(21)20(12-14-7-8-14)13-15-9-10-15/h3-6,14-15,19H,2,7-13H2,1H3. The van der Waals surface area contributed by atoms with Gasteiger partial charge in [-0.25, -0.2) is 0 Å². The van der Waals surface area contributed by atoms with Crippen molar-refractivity contribution in [3.8, 4) is 0 Å². The predicted octanol–water partition coefficient (Wildman–Crippen LogP) is 3.77. The first-order chi connectivity index (χ1) is 10.3. The summed E-state index contributed by atoms with van der Waals surface area (Å²) in [5, 5.41) is 3.39. The van der Waals surface area contributed by atoms with E-state index >= 15 is 0 Å². The molecule has 3 rings (SSSR count). The van der Waals surface area contributed by atoms with Crippen molar-refractivity contribution in [3.05, 3.63) is 29.8 Å². The highest BCUT2D eigenvalue weighted by Gasteiger charge is 2.32. The van der Waals surface area contributed by atoms with Gasteiger partial charge in [0.2, 0.25) is 0 Å². The number of nitrogens with one attached hydrogen (secondary N) is 1. The van der Waals surface area contributed by atoms with Gasteiger partial charge in [0, 0.05) is 25.3 Å². The molecule has 0 radical (unpaired) electrons. The Labute approximate surface area is 127 Å². The Kier molecular flexibility index (Phi) is 4.47. The molecule has 0 heterocycles. The molecule has 1 aromatic rings. The van der Waals surface area contributed by atoms with Crippen LogP contribution in [0.1, 0.15) is 49.4 Å². The molecule has 0 atom stereocenters. The lowest BCUT2D eigenvalue weighted by molar-refractivity contribution is 0.0740. The summed E-state index contributed by atoms with van der Waals surface area (Å²) < 4.78 is 0. The Bertz CT molecular complexity index is 478. The van der Waals surface area contributed by atoms with E-state index in [2.05, 4.69) is 17.1 Å². The Hall–Kier alpha value is -1.51. The van der Waals surface area contributed by atoms with E-state index in [1.165, 1.54) is 25.7 Å². The first-order valence-electron chi connectivity index (χ1n) is 8.40. The van der Waals surface area contributed by atoms with Gasteiger partial charge in [-0.2, -0.15) is 0 Å². The van der Waals surface area contributed by atoms with Gasteiger partial charge < -0.3 is 10.2 Å². The topological polar surface area (TPSA) is 32.3 Å². The van der Waals surface area contributed by atoms with Gasteiger partial charge in [-0.1, -0.05) is 19.1 Å². The number of benzene rings is 1. The van der Waals surface area contributed by atoms with Crippen LogP contribution in [0, 0.1) is 11.8 Å². The maximum atomic E-state index is 12.9. The van der Waals surface area contributed by atoms with Crippen molar-refractivity contribution in [2.45, 2.75) is 39.0 Å². The van der Waals surface area contributed by atoms with E-state index in [0.29, 0.717) is 0 Å². The lowest BCUT2D eigenvalue weighted by Gasteiger charge is -2.24. The Morgan fingerprint density at radius 2 is 1.76 bits per heavy atom. The molecule has 1 aromatic carbocycles. The SMILES string of the molecule is CCCNc1ccccc1C(=O)N(CC1CC1)CC1CC1. The summed E-state index contributed by atoms with van der Waals surface area (Å²) in [5.74, 6) is 1.72. The molecule has 0 aromatic heterocycles. The average molecular weight is 286 g/mol. The van der Waals surface area contributed by atoms with Gasteiger partial charge in [0.1, 0.15) is 0 Å². The number of amides is 1. The van der Waals surface area contributed by atoms with E-state index in [-0.39, 0.29) is 5.91 Å². The minimum Gasteiger partial charge on any atom is -0.384 e. The molecule has 2 fully saturated rings.